The second-order valence-electron chi connectivity index (χ2n) is 8.83. The Morgan fingerprint density at radius 3 is 2.58 bits per heavy atom. The number of amides is 1. The summed E-state index contributed by atoms with van der Waals surface area (Å²) < 4.78 is 21.5. The lowest BCUT2D eigenvalue weighted by molar-refractivity contribution is -0.0779. The third-order valence-corrected chi connectivity index (χ3v) is 6.77. The van der Waals surface area contributed by atoms with E-state index in [2.05, 4.69) is 6.58 Å². The highest BCUT2D eigenvalue weighted by Gasteiger charge is 2.46. The molecule has 5 nitrogen and oxygen atoms in total. The smallest absolute Gasteiger partial charge is 0.410 e. The number of carbonyl (C=O) groups is 1. The molecule has 6 heteroatoms. The van der Waals surface area contributed by atoms with Crippen molar-refractivity contribution in [2.24, 2.45) is 13.0 Å². The van der Waals surface area contributed by atoms with Gasteiger partial charge in [-0.25, -0.2) is 9.18 Å². The number of ether oxygens (including phenoxy) is 1. The van der Waals surface area contributed by atoms with Gasteiger partial charge < -0.3 is 14.2 Å². The van der Waals surface area contributed by atoms with Gasteiger partial charge in [-0.15, -0.1) is 6.58 Å². The predicted molar refractivity (Wildman–Crippen MR) is 127 cm³/mol. The summed E-state index contributed by atoms with van der Waals surface area (Å²) in [7, 11) is 1.73. The van der Waals surface area contributed by atoms with Crippen molar-refractivity contribution in [1.82, 2.24) is 9.47 Å². The largest absolute Gasteiger partial charge is 0.442 e. The second kappa shape index (κ2) is 9.22. The number of hydrogen-bond donors (Lipinski definition) is 0. The molecule has 0 radical (unpaired) electrons. The molecule has 0 bridgehead atoms. The molecule has 1 amide bonds. The van der Waals surface area contributed by atoms with Crippen LogP contribution in [0.1, 0.15) is 37.8 Å². The van der Waals surface area contributed by atoms with Crippen molar-refractivity contribution < 1.29 is 13.9 Å². The van der Waals surface area contributed by atoms with Gasteiger partial charge in [0.1, 0.15) is 11.4 Å². The fraction of sp³-hybridized carbons (Fsp3) is 0.333. The van der Waals surface area contributed by atoms with Gasteiger partial charge in [0.25, 0.3) is 0 Å². The molecule has 172 valence electrons. The number of nitrogens with zero attached hydrogens (tertiary/aromatic N) is 2. The van der Waals surface area contributed by atoms with Crippen LogP contribution in [0.25, 0.3) is 11.1 Å². The Balaban J connectivity index is 1.50. The van der Waals surface area contributed by atoms with Gasteiger partial charge >= 0.3 is 6.09 Å². The lowest BCUT2D eigenvalue weighted by atomic mass is 9.77. The topological polar surface area (TPSA) is 51.5 Å². The van der Waals surface area contributed by atoms with E-state index < -0.39 is 5.60 Å². The van der Waals surface area contributed by atoms with Gasteiger partial charge in [0.05, 0.1) is 6.04 Å². The fourth-order valence-electron chi connectivity index (χ4n) is 4.75. The molecule has 0 spiro atoms. The summed E-state index contributed by atoms with van der Waals surface area (Å²) in [5.74, 6) is -0.497. The quantitative estimate of drug-likeness (QED) is 0.533. The van der Waals surface area contributed by atoms with Crippen molar-refractivity contribution in [3.8, 4) is 11.1 Å². The Labute approximate surface area is 193 Å². The molecule has 2 aromatic rings. The van der Waals surface area contributed by atoms with Crippen molar-refractivity contribution in [3.05, 3.63) is 95.2 Å². The molecular weight excluding hydrogens is 419 g/mol. The zero-order valence-corrected chi connectivity index (χ0v) is 19.0. The summed E-state index contributed by atoms with van der Waals surface area (Å²) in [6, 6.07) is 11.2. The molecule has 1 fully saturated rings. The molecule has 1 saturated heterocycles. The Bertz CT molecular complexity index is 1160. The average molecular weight is 449 g/mol. The third kappa shape index (κ3) is 4.56. The van der Waals surface area contributed by atoms with Crippen LogP contribution in [0, 0.1) is 5.92 Å². The van der Waals surface area contributed by atoms with E-state index in [0.29, 0.717) is 25.8 Å². The highest BCUT2D eigenvalue weighted by atomic mass is 19.1. The lowest BCUT2D eigenvalue weighted by Crippen LogP contribution is -2.53. The predicted octanol–water partition coefficient (Wildman–Crippen LogP) is 5.70. The maximum atomic E-state index is 13.9. The number of benzene rings is 1. The molecule has 1 aromatic carbocycles. The van der Waals surface area contributed by atoms with Gasteiger partial charge in [-0.05, 0) is 48.3 Å². The maximum absolute atomic E-state index is 13.9. The van der Waals surface area contributed by atoms with Gasteiger partial charge in [-0.2, -0.15) is 0 Å². The summed E-state index contributed by atoms with van der Waals surface area (Å²) in [5, 5.41) is 0. The van der Waals surface area contributed by atoms with E-state index in [1.54, 1.807) is 53.1 Å². The highest BCUT2D eigenvalue weighted by molar-refractivity contribution is 5.70. The molecule has 2 heterocycles. The SMILES string of the molecule is C=CC[C@]1(C2C=C(F)C=CC2)CCN([C@@H](C)c2ccc(-c3ccc(=O)n(C)c3)cc2)C(=O)O1. The monoisotopic (exact) mass is 448 g/mol. The Kier molecular flexibility index (Phi) is 6.36. The van der Waals surface area contributed by atoms with Crippen LogP contribution in [-0.4, -0.2) is 27.7 Å². The maximum Gasteiger partial charge on any atom is 0.410 e. The highest BCUT2D eigenvalue weighted by Crippen LogP contribution is 2.41. The van der Waals surface area contributed by atoms with Gasteiger partial charge in [-0.3, -0.25) is 4.79 Å². The van der Waals surface area contributed by atoms with E-state index in [4.69, 9.17) is 4.74 Å². The van der Waals surface area contributed by atoms with Crippen molar-refractivity contribution in [2.75, 3.05) is 6.54 Å². The molecule has 1 aliphatic carbocycles. The fourth-order valence-corrected chi connectivity index (χ4v) is 4.75. The standard InChI is InChI=1S/C27H29FN2O3/c1-4-14-27(23-6-5-7-24(28)17-23)15-16-30(26(32)33-27)19(2)20-8-10-21(11-9-20)22-12-13-25(31)29(3)18-22/h4-5,7-13,17-19,23H,1,6,14-16H2,2-3H3/t19-,23?,27+/m0/s1. The first kappa shape index (κ1) is 22.8. The van der Waals surface area contributed by atoms with Crippen molar-refractivity contribution in [3.63, 3.8) is 0 Å². The first-order valence-corrected chi connectivity index (χ1v) is 11.2. The Morgan fingerprint density at radius 2 is 1.94 bits per heavy atom. The molecule has 2 aliphatic rings. The Hall–Kier alpha value is -3.41. The van der Waals surface area contributed by atoms with E-state index in [0.717, 1.165) is 16.7 Å². The van der Waals surface area contributed by atoms with Crippen LogP contribution < -0.4 is 5.56 Å². The van der Waals surface area contributed by atoms with Crippen LogP contribution >= 0.6 is 0 Å². The minimum absolute atomic E-state index is 0.0531. The molecular formula is C27H29FN2O3. The molecule has 0 saturated carbocycles. The van der Waals surface area contributed by atoms with Crippen molar-refractivity contribution in [2.45, 2.75) is 37.8 Å². The Morgan fingerprint density at radius 1 is 1.21 bits per heavy atom. The van der Waals surface area contributed by atoms with Crippen LogP contribution in [-0.2, 0) is 11.8 Å². The number of rotatable bonds is 6. The lowest BCUT2D eigenvalue weighted by Gasteiger charge is -2.46. The molecule has 1 aliphatic heterocycles. The van der Waals surface area contributed by atoms with Crippen molar-refractivity contribution >= 4 is 6.09 Å². The molecule has 1 aromatic heterocycles. The molecule has 33 heavy (non-hydrogen) atoms. The normalized spacial score (nSPS) is 23.6. The number of aryl methyl sites for hydroxylation is 1. The number of carbonyl (C=O) groups excluding carboxylic acids is 1. The average Bonchev–Trinajstić information content (AvgIpc) is 2.81. The number of halogens is 1. The van der Waals surface area contributed by atoms with E-state index >= 15 is 0 Å². The molecule has 1 unspecified atom stereocenters. The number of aromatic nitrogens is 1. The number of hydrogen-bond acceptors (Lipinski definition) is 3. The summed E-state index contributed by atoms with van der Waals surface area (Å²) in [6.45, 7) is 6.33. The minimum atomic E-state index is -0.774. The van der Waals surface area contributed by atoms with Gasteiger partial charge in [0.2, 0.25) is 5.56 Å². The third-order valence-electron chi connectivity index (χ3n) is 6.77. The van der Waals surface area contributed by atoms with E-state index in [9.17, 15) is 14.0 Å². The zero-order valence-electron chi connectivity index (χ0n) is 19.0. The van der Waals surface area contributed by atoms with Gasteiger partial charge in [0, 0.05) is 44.6 Å². The number of pyridine rings is 1. The van der Waals surface area contributed by atoms with E-state index in [1.165, 1.54) is 6.08 Å². The van der Waals surface area contributed by atoms with Gasteiger partial charge in [-0.1, -0.05) is 36.4 Å². The van der Waals surface area contributed by atoms with Gasteiger partial charge in [0.15, 0.2) is 0 Å². The minimum Gasteiger partial charge on any atom is -0.442 e. The van der Waals surface area contributed by atoms with Crippen molar-refractivity contribution in [1.29, 1.82) is 0 Å². The molecule has 0 N–H and O–H groups in total. The summed E-state index contributed by atoms with van der Waals surface area (Å²) in [6.07, 6.45) is 9.70. The first-order chi connectivity index (χ1) is 15.8. The summed E-state index contributed by atoms with van der Waals surface area (Å²) >= 11 is 0. The second-order valence-corrected chi connectivity index (χ2v) is 8.83. The molecule has 3 atom stereocenters. The van der Waals surface area contributed by atoms with E-state index in [1.807, 2.05) is 31.2 Å². The molecule has 4 rings (SSSR count). The van der Waals surface area contributed by atoms with Crippen LogP contribution in [0.2, 0.25) is 0 Å². The van der Waals surface area contributed by atoms with Crippen LogP contribution in [0.5, 0.6) is 0 Å². The van der Waals surface area contributed by atoms with Crippen LogP contribution in [0.4, 0.5) is 9.18 Å². The van der Waals surface area contributed by atoms with Crippen LogP contribution in [0.15, 0.2) is 84.1 Å². The van der Waals surface area contributed by atoms with Crippen LogP contribution in [0.3, 0.4) is 0 Å². The summed E-state index contributed by atoms with van der Waals surface area (Å²) in [4.78, 5) is 26.4. The summed E-state index contributed by atoms with van der Waals surface area (Å²) in [5.41, 5.74) is 2.10. The number of allylic oxidation sites excluding steroid dienone is 3. The zero-order chi connectivity index (χ0) is 23.6. The van der Waals surface area contributed by atoms with E-state index in [-0.39, 0.29) is 29.4 Å². The number of cyclic esters (lactones) is 1. The first-order valence-electron chi connectivity index (χ1n) is 11.2.